The molecule has 0 saturated heterocycles. The normalized spacial score (nSPS) is 13.7. The first kappa shape index (κ1) is 16.0. The predicted molar refractivity (Wildman–Crippen MR) is 72.2 cm³/mol. The average Bonchev–Trinajstić information content (AvgIpc) is 2.72. The summed E-state index contributed by atoms with van der Waals surface area (Å²) in [4.78, 5) is 14.6. The van der Waals surface area contributed by atoms with Crippen molar-refractivity contribution >= 4 is 27.5 Å². The van der Waals surface area contributed by atoms with Gasteiger partial charge in [-0.1, -0.05) is 0 Å². The van der Waals surface area contributed by atoms with Gasteiger partial charge in [-0.25, -0.2) is 4.98 Å². The van der Waals surface area contributed by atoms with Gasteiger partial charge in [-0.3, -0.25) is 4.79 Å². The van der Waals surface area contributed by atoms with Gasteiger partial charge in [0.05, 0.1) is 12.5 Å². The standard InChI is InChI=1S/C10H17N3O4S2/c1-7-6-18-10(11-7)8(2)12-19(16,17)13(3)5-4-9(14)15/h6,8,12H,4-5H2,1-3H3,(H,14,15). The zero-order chi connectivity index (χ0) is 14.6. The summed E-state index contributed by atoms with van der Waals surface area (Å²) >= 11 is 1.38. The number of nitrogens with zero attached hydrogens (tertiary/aromatic N) is 2. The smallest absolute Gasteiger partial charge is 0.304 e. The van der Waals surface area contributed by atoms with Crippen LogP contribution in [0.2, 0.25) is 0 Å². The second-order valence-corrected chi connectivity index (χ2v) is 6.84. The summed E-state index contributed by atoms with van der Waals surface area (Å²) in [5, 5.41) is 11.1. The molecule has 2 N–H and O–H groups in total. The highest BCUT2D eigenvalue weighted by atomic mass is 32.2. The quantitative estimate of drug-likeness (QED) is 0.774. The number of carboxylic acid groups (broad SMARTS) is 1. The maximum absolute atomic E-state index is 11.9. The fraction of sp³-hybridized carbons (Fsp3) is 0.600. The number of hydrogen-bond acceptors (Lipinski definition) is 5. The second-order valence-electron chi connectivity index (χ2n) is 4.14. The van der Waals surface area contributed by atoms with E-state index < -0.39 is 22.2 Å². The van der Waals surface area contributed by atoms with Crippen LogP contribution >= 0.6 is 11.3 Å². The lowest BCUT2D eigenvalue weighted by Crippen LogP contribution is -2.40. The summed E-state index contributed by atoms with van der Waals surface area (Å²) in [5.41, 5.74) is 0.838. The predicted octanol–water partition coefficient (Wildman–Crippen LogP) is 0.753. The highest BCUT2D eigenvalue weighted by Gasteiger charge is 2.22. The second kappa shape index (κ2) is 6.42. The van der Waals surface area contributed by atoms with Crippen molar-refractivity contribution < 1.29 is 18.3 Å². The monoisotopic (exact) mass is 307 g/mol. The number of aliphatic carboxylic acids is 1. The number of thiazole rings is 1. The van der Waals surface area contributed by atoms with Crippen molar-refractivity contribution in [1.29, 1.82) is 0 Å². The Hall–Kier alpha value is -1.03. The SMILES string of the molecule is Cc1csc(C(C)NS(=O)(=O)N(C)CCC(=O)O)n1. The summed E-state index contributed by atoms with van der Waals surface area (Å²) in [6.45, 7) is 3.45. The molecule has 0 saturated carbocycles. The average molecular weight is 307 g/mol. The zero-order valence-corrected chi connectivity index (χ0v) is 12.6. The Kier molecular flexibility index (Phi) is 5.41. The number of aryl methyl sites for hydroxylation is 1. The first-order chi connectivity index (χ1) is 8.72. The molecular formula is C10H17N3O4S2. The van der Waals surface area contributed by atoms with Crippen LogP contribution in [0.25, 0.3) is 0 Å². The molecule has 0 fully saturated rings. The maximum Gasteiger partial charge on any atom is 0.304 e. The Morgan fingerprint density at radius 2 is 2.26 bits per heavy atom. The molecule has 0 aliphatic rings. The van der Waals surface area contributed by atoms with Crippen LogP contribution in [0, 0.1) is 6.92 Å². The van der Waals surface area contributed by atoms with E-state index in [1.54, 1.807) is 6.92 Å². The molecule has 0 aromatic carbocycles. The van der Waals surface area contributed by atoms with Crippen molar-refractivity contribution in [2.45, 2.75) is 26.3 Å². The van der Waals surface area contributed by atoms with Crippen LogP contribution in [0.1, 0.15) is 30.1 Å². The van der Waals surface area contributed by atoms with Crippen molar-refractivity contribution in [1.82, 2.24) is 14.0 Å². The molecule has 19 heavy (non-hydrogen) atoms. The molecule has 1 unspecified atom stereocenters. The topological polar surface area (TPSA) is 99.6 Å². The first-order valence-electron chi connectivity index (χ1n) is 5.60. The van der Waals surface area contributed by atoms with Crippen LogP contribution in [0.4, 0.5) is 0 Å². The molecule has 1 heterocycles. The van der Waals surface area contributed by atoms with E-state index in [2.05, 4.69) is 9.71 Å². The molecule has 1 aromatic heterocycles. The first-order valence-corrected chi connectivity index (χ1v) is 7.91. The number of nitrogens with one attached hydrogen (secondary N) is 1. The van der Waals surface area contributed by atoms with Gasteiger partial charge in [0.15, 0.2) is 0 Å². The van der Waals surface area contributed by atoms with E-state index in [0.717, 1.165) is 10.00 Å². The van der Waals surface area contributed by atoms with Gasteiger partial charge in [0.25, 0.3) is 10.2 Å². The third-order valence-electron chi connectivity index (χ3n) is 2.38. The minimum Gasteiger partial charge on any atom is -0.481 e. The molecule has 0 radical (unpaired) electrons. The lowest BCUT2D eigenvalue weighted by Gasteiger charge is -2.19. The summed E-state index contributed by atoms with van der Waals surface area (Å²) in [5.74, 6) is -1.04. The van der Waals surface area contributed by atoms with Crippen LogP contribution in [-0.2, 0) is 15.0 Å². The molecule has 0 bridgehead atoms. The van der Waals surface area contributed by atoms with Gasteiger partial charge in [0.1, 0.15) is 5.01 Å². The number of rotatable bonds is 7. The molecule has 0 amide bonds. The van der Waals surface area contributed by atoms with Crippen LogP contribution in [-0.4, -0.2) is 42.4 Å². The highest BCUT2D eigenvalue weighted by molar-refractivity contribution is 7.87. The number of aromatic nitrogens is 1. The molecule has 0 spiro atoms. The zero-order valence-electron chi connectivity index (χ0n) is 11.0. The van der Waals surface area contributed by atoms with Gasteiger partial charge in [0.2, 0.25) is 0 Å². The van der Waals surface area contributed by atoms with Gasteiger partial charge in [-0.05, 0) is 13.8 Å². The van der Waals surface area contributed by atoms with Gasteiger partial charge in [0, 0.05) is 24.7 Å². The summed E-state index contributed by atoms with van der Waals surface area (Å²) in [7, 11) is -2.37. The molecule has 1 rings (SSSR count). The van der Waals surface area contributed by atoms with Crippen molar-refractivity contribution in [2.75, 3.05) is 13.6 Å². The molecular weight excluding hydrogens is 290 g/mol. The molecule has 1 aromatic rings. The van der Waals surface area contributed by atoms with E-state index in [9.17, 15) is 13.2 Å². The van der Waals surface area contributed by atoms with Crippen molar-refractivity contribution in [3.05, 3.63) is 16.1 Å². The fourth-order valence-electron chi connectivity index (χ4n) is 1.31. The Balaban J connectivity index is 2.65. The van der Waals surface area contributed by atoms with Crippen LogP contribution in [0.3, 0.4) is 0 Å². The lowest BCUT2D eigenvalue weighted by atomic mass is 10.4. The molecule has 7 nitrogen and oxygen atoms in total. The molecule has 0 aliphatic heterocycles. The van der Waals surface area contributed by atoms with Gasteiger partial charge in [-0.15, -0.1) is 11.3 Å². The van der Waals surface area contributed by atoms with E-state index in [4.69, 9.17) is 5.11 Å². The third kappa shape index (κ3) is 4.86. The summed E-state index contributed by atoms with van der Waals surface area (Å²) in [6.07, 6.45) is -0.234. The minimum atomic E-state index is -3.71. The van der Waals surface area contributed by atoms with Crippen molar-refractivity contribution in [3.8, 4) is 0 Å². The number of carboxylic acids is 1. The molecule has 9 heteroatoms. The van der Waals surface area contributed by atoms with E-state index in [1.807, 2.05) is 12.3 Å². The fourth-order valence-corrected chi connectivity index (χ4v) is 3.26. The largest absolute Gasteiger partial charge is 0.481 e. The number of hydrogen-bond donors (Lipinski definition) is 2. The highest BCUT2D eigenvalue weighted by Crippen LogP contribution is 2.18. The lowest BCUT2D eigenvalue weighted by molar-refractivity contribution is -0.137. The Bertz CT molecular complexity index is 541. The Morgan fingerprint density at radius 1 is 1.63 bits per heavy atom. The minimum absolute atomic E-state index is 0.0751. The third-order valence-corrected chi connectivity index (χ3v) is 5.18. The summed E-state index contributed by atoms with van der Waals surface area (Å²) < 4.78 is 27.3. The summed E-state index contributed by atoms with van der Waals surface area (Å²) in [6, 6.07) is -0.448. The van der Waals surface area contributed by atoms with Crippen LogP contribution in [0.5, 0.6) is 0 Å². The van der Waals surface area contributed by atoms with E-state index in [-0.39, 0.29) is 13.0 Å². The molecule has 0 aliphatic carbocycles. The maximum atomic E-state index is 11.9. The Labute approximate surface area is 116 Å². The van der Waals surface area contributed by atoms with Crippen LogP contribution in [0.15, 0.2) is 5.38 Å². The molecule has 108 valence electrons. The number of carbonyl (C=O) groups is 1. The van der Waals surface area contributed by atoms with Crippen LogP contribution < -0.4 is 4.72 Å². The van der Waals surface area contributed by atoms with Crippen molar-refractivity contribution in [2.24, 2.45) is 0 Å². The Morgan fingerprint density at radius 3 is 2.74 bits per heavy atom. The van der Waals surface area contributed by atoms with Gasteiger partial charge < -0.3 is 5.11 Å². The van der Waals surface area contributed by atoms with E-state index >= 15 is 0 Å². The van der Waals surface area contributed by atoms with E-state index in [0.29, 0.717) is 5.01 Å². The van der Waals surface area contributed by atoms with Gasteiger partial charge >= 0.3 is 5.97 Å². The van der Waals surface area contributed by atoms with Gasteiger partial charge in [-0.2, -0.15) is 17.4 Å². The van der Waals surface area contributed by atoms with E-state index in [1.165, 1.54) is 18.4 Å². The molecule has 1 atom stereocenters. The van der Waals surface area contributed by atoms with Crippen molar-refractivity contribution in [3.63, 3.8) is 0 Å².